The van der Waals surface area contributed by atoms with Gasteiger partial charge in [-0.25, -0.2) is 4.98 Å². The molecule has 1 amide bonds. The smallest absolute Gasteiger partial charge is 0.261 e. The van der Waals surface area contributed by atoms with Gasteiger partial charge in [-0.05, 0) is 37.1 Å². The number of amides is 1. The molecular weight excluding hydrogens is 468 g/mol. The number of hydrogen-bond donors (Lipinski definition) is 1. The van der Waals surface area contributed by atoms with E-state index in [0.717, 1.165) is 75.7 Å². The second-order valence-corrected chi connectivity index (χ2v) is 9.25. The molecule has 1 aromatic carbocycles. The third-order valence-corrected chi connectivity index (χ3v) is 6.76. The first kappa shape index (κ1) is 23.7. The van der Waals surface area contributed by atoms with Crippen LogP contribution in [0.1, 0.15) is 12.8 Å². The molecule has 2 aliphatic rings. The Morgan fingerprint density at radius 1 is 1.11 bits per heavy atom. The van der Waals surface area contributed by atoms with Gasteiger partial charge in [0.25, 0.3) is 5.89 Å². The molecule has 0 bridgehead atoms. The molecule has 2 saturated heterocycles. The number of ether oxygens (including phenoxy) is 1. The lowest BCUT2D eigenvalue weighted by molar-refractivity contribution is -0.125. The van der Waals surface area contributed by atoms with E-state index in [0.29, 0.717) is 23.3 Å². The fourth-order valence-electron chi connectivity index (χ4n) is 4.55. The van der Waals surface area contributed by atoms with Gasteiger partial charge in [-0.15, -0.1) is 0 Å². The third kappa shape index (κ3) is 5.80. The number of benzene rings is 1. The monoisotopic (exact) mass is 496 g/mol. The van der Waals surface area contributed by atoms with Crippen LogP contribution in [0.5, 0.6) is 0 Å². The summed E-state index contributed by atoms with van der Waals surface area (Å²) in [6.07, 6.45) is 3.31. The number of aromatic nitrogens is 3. The molecule has 0 spiro atoms. The molecule has 184 valence electrons. The van der Waals surface area contributed by atoms with Crippen LogP contribution in [0.25, 0.3) is 22.8 Å². The molecule has 9 nitrogen and oxygen atoms in total. The highest BCUT2D eigenvalue weighted by Gasteiger charge is 2.28. The zero-order valence-corrected chi connectivity index (χ0v) is 20.3. The summed E-state index contributed by atoms with van der Waals surface area (Å²) in [5, 5.41) is 7.86. The van der Waals surface area contributed by atoms with Crippen molar-refractivity contribution in [2.75, 3.05) is 57.4 Å². The van der Waals surface area contributed by atoms with Crippen LogP contribution in [0.2, 0.25) is 5.02 Å². The number of pyridine rings is 1. The first-order chi connectivity index (χ1) is 17.2. The van der Waals surface area contributed by atoms with E-state index >= 15 is 0 Å². The number of anilines is 1. The maximum atomic E-state index is 12.7. The average molecular weight is 497 g/mol. The summed E-state index contributed by atoms with van der Waals surface area (Å²) in [7, 11) is 0. The number of morpholine rings is 1. The first-order valence-electron chi connectivity index (χ1n) is 12.0. The second kappa shape index (κ2) is 11.2. The number of hydrogen-bond acceptors (Lipinski definition) is 8. The lowest BCUT2D eigenvalue weighted by atomic mass is 9.95. The summed E-state index contributed by atoms with van der Waals surface area (Å²) in [6.45, 7) is 6.42. The zero-order chi connectivity index (χ0) is 24.0. The van der Waals surface area contributed by atoms with E-state index in [1.165, 1.54) is 0 Å². The normalized spacial score (nSPS) is 17.5. The molecule has 0 saturated carbocycles. The average Bonchev–Trinajstić information content (AvgIpc) is 3.40. The molecular formula is C25H29ClN6O3. The van der Waals surface area contributed by atoms with Crippen molar-refractivity contribution < 1.29 is 14.1 Å². The lowest BCUT2D eigenvalue weighted by Gasteiger charge is -2.33. The maximum absolute atomic E-state index is 12.7. The van der Waals surface area contributed by atoms with Crippen LogP contribution in [0.15, 0.2) is 47.1 Å². The van der Waals surface area contributed by atoms with Crippen molar-refractivity contribution in [2.24, 2.45) is 5.92 Å². The van der Waals surface area contributed by atoms with Crippen LogP contribution < -0.4 is 10.2 Å². The predicted molar refractivity (Wildman–Crippen MR) is 133 cm³/mol. The molecule has 0 aliphatic carbocycles. The molecule has 35 heavy (non-hydrogen) atoms. The Balaban J connectivity index is 1.19. The zero-order valence-electron chi connectivity index (χ0n) is 19.5. The number of nitrogens with one attached hydrogen (secondary N) is 1. The van der Waals surface area contributed by atoms with Crippen molar-refractivity contribution in [2.45, 2.75) is 12.8 Å². The van der Waals surface area contributed by atoms with E-state index < -0.39 is 0 Å². The van der Waals surface area contributed by atoms with Gasteiger partial charge in [-0.2, -0.15) is 4.98 Å². The number of halogens is 1. The van der Waals surface area contributed by atoms with E-state index in [9.17, 15) is 4.79 Å². The Kier molecular flexibility index (Phi) is 7.56. The third-order valence-electron chi connectivity index (χ3n) is 6.52. The fourth-order valence-corrected chi connectivity index (χ4v) is 4.74. The molecule has 0 radical (unpaired) electrons. The Morgan fingerprint density at radius 3 is 2.74 bits per heavy atom. The minimum Gasteiger partial charge on any atom is -0.379 e. The summed E-state index contributed by atoms with van der Waals surface area (Å²) in [4.78, 5) is 26.4. The summed E-state index contributed by atoms with van der Waals surface area (Å²) in [6, 6.07) is 11.1. The summed E-state index contributed by atoms with van der Waals surface area (Å²) in [5.41, 5.74) is 1.57. The Hall–Kier alpha value is -3.01. The van der Waals surface area contributed by atoms with Gasteiger partial charge in [-0.1, -0.05) is 28.9 Å². The van der Waals surface area contributed by atoms with E-state index in [4.69, 9.17) is 20.9 Å². The summed E-state index contributed by atoms with van der Waals surface area (Å²) >= 11 is 6.10. The van der Waals surface area contributed by atoms with E-state index in [1.807, 2.05) is 24.3 Å². The van der Waals surface area contributed by atoms with Crippen LogP contribution in [0, 0.1) is 5.92 Å². The maximum Gasteiger partial charge on any atom is 0.261 e. The molecule has 2 aliphatic heterocycles. The van der Waals surface area contributed by atoms with Crippen molar-refractivity contribution in [1.82, 2.24) is 25.3 Å². The van der Waals surface area contributed by atoms with Crippen LogP contribution in [0.3, 0.4) is 0 Å². The van der Waals surface area contributed by atoms with Gasteiger partial charge in [0.1, 0.15) is 5.82 Å². The van der Waals surface area contributed by atoms with Gasteiger partial charge in [0.05, 0.1) is 18.8 Å². The van der Waals surface area contributed by atoms with Crippen LogP contribution in [0.4, 0.5) is 5.82 Å². The molecule has 5 rings (SSSR count). The number of carbonyl (C=O) groups excluding carboxylic acids is 1. The van der Waals surface area contributed by atoms with Crippen LogP contribution in [-0.2, 0) is 9.53 Å². The largest absolute Gasteiger partial charge is 0.379 e. The quantitative estimate of drug-likeness (QED) is 0.533. The van der Waals surface area contributed by atoms with Crippen molar-refractivity contribution in [3.63, 3.8) is 0 Å². The number of piperidine rings is 1. The molecule has 3 aromatic rings. The minimum absolute atomic E-state index is 0.0148. The number of rotatable bonds is 7. The predicted octanol–water partition coefficient (Wildman–Crippen LogP) is 3.12. The Bertz CT molecular complexity index is 1140. The van der Waals surface area contributed by atoms with Crippen molar-refractivity contribution in [3.8, 4) is 22.8 Å². The van der Waals surface area contributed by atoms with Crippen molar-refractivity contribution in [1.29, 1.82) is 0 Å². The van der Waals surface area contributed by atoms with E-state index in [1.54, 1.807) is 18.3 Å². The topological polar surface area (TPSA) is 96.6 Å². The van der Waals surface area contributed by atoms with Crippen LogP contribution >= 0.6 is 11.6 Å². The highest BCUT2D eigenvalue weighted by Crippen LogP contribution is 2.32. The standard InChI is InChI=1S/C25H29ClN6O3/c26-20-4-1-3-19(17-20)22-29-25(35-30-22)21-5-2-8-27-23(21)32-10-6-18(7-11-32)24(33)28-9-12-31-13-15-34-16-14-31/h1-5,8,17-18H,6-7,9-16H2,(H,28,33). The van der Waals surface area contributed by atoms with Crippen LogP contribution in [-0.4, -0.2) is 78.4 Å². The number of nitrogens with zero attached hydrogens (tertiary/aromatic N) is 5. The van der Waals surface area contributed by atoms with Gasteiger partial charge in [-0.3, -0.25) is 9.69 Å². The molecule has 0 atom stereocenters. The van der Waals surface area contributed by atoms with Gasteiger partial charge < -0.3 is 19.5 Å². The molecule has 1 N–H and O–H groups in total. The molecule has 4 heterocycles. The summed E-state index contributed by atoms with van der Waals surface area (Å²) in [5.74, 6) is 1.83. The molecule has 0 unspecified atom stereocenters. The van der Waals surface area contributed by atoms with Crippen molar-refractivity contribution in [3.05, 3.63) is 47.6 Å². The minimum atomic E-state index is 0.0148. The molecule has 2 aromatic heterocycles. The SMILES string of the molecule is O=C(NCCN1CCOCC1)C1CCN(c2ncccc2-c2nc(-c3cccc(Cl)c3)no2)CC1. The molecule has 10 heteroatoms. The van der Waals surface area contributed by atoms with E-state index in [2.05, 4.69) is 30.2 Å². The molecule has 2 fully saturated rings. The Labute approximate surface area is 209 Å². The van der Waals surface area contributed by atoms with E-state index in [-0.39, 0.29) is 11.8 Å². The fraction of sp³-hybridized carbons (Fsp3) is 0.440. The second-order valence-electron chi connectivity index (χ2n) is 8.81. The Morgan fingerprint density at radius 2 is 1.94 bits per heavy atom. The highest BCUT2D eigenvalue weighted by molar-refractivity contribution is 6.30. The van der Waals surface area contributed by atoms with Gasteiger partial charge in [0.2, 0.25) is 11.7 Å². The number of carbonyl (C=O) groups is 1. The van der Waals surface area contributed by atoms with Gasteiger partial charge >= 0.3 is 0 Å². The lowest BCUT2D eigenvalue weighted by Crippen LogP contribution is -2.44. The summed E-state index contributed by atoms with van der Waals surface area (Å²) < 4.78 is 11.0. The first-order valence-corrected chi connectivity index (χ1v) is 12.4. The van der Waals surface area contributed by atoms with Gasteiger partial charge in [0.15, 0.2) is 0 Å². The van der Waals surface area contributed by atoms with Gasteiger partial charge in [0, 0.05) is 62.0 Å². The van der Waals surface area contributed by atoms with Crippen molar-refractivity contribution >= 4 is 23.3 Å². The highest BCUT2D eigenvalue weighted by atomic mass is 35.5.